The molecule has 1 aromatic rings. The van der Waals surface area contributed by atoms with Crippen molar-refractivity contribution in [3.05, 3.63) is 23.8 Å². The molecule has 158 valence electrons. The Kier molecular flexibility index (Phi) is 9.37. The highest BCUT2D eigenvalue weighted by Crippen LogP contribution is 2.24. The van der Waals surface area contributed by atoms with Gasteiger partial charge in [-0.05, 0) is 44.6 Å². The van der Waals surface area contributed by atoms with E-state index in [0.29, 0.717) is 6.04 Å². The van der Waals surface area contributed by atoms with Crippen LogP contribution in [0.4, 0.5) is 0 Å². The molecule has 1 unspecified atom stereocenters. The minimum atomic E-state index is 0.411. The summed E-state index contributed by atoms with van der Waals surface area (Å²) >= 11 is 0. The van der Waals surface area contributed by atoms with Gasteiger partial charge in [-0.3, -0.25) is 9.89 Å². The van der Waals surface area contributed by atoms with Crippen molar-refractivity contribution in [3.63, 3.8) is 0 Å². The Morgan fingerprint density at radius 1 is 1.21 bits per heavy atom. The Morgan fingerprint density at radius 2 is 1.93 bits per heavy atom. The lowest BCUT2D eigenvalue weighted by Crippen LogP contribution is -2.44. The van der Waals surface area contributed by atoms with Crippen molar-refractivity contribution in [1.29, 1.82) is 0 Å². The zero-order valence-electron chi connectivity index (χ0n) is 18.1. The molecular weight excluding hydrogens is 354 g/mol. The normalized spacial score (nSPS) is 17.8. The second-order valence-corrected chi connectivity index (χ2v) is 7.24. The van der Waals surface area contributed by atoms with Crippen LogP contribution in [0.2, 0.25) is 0 Å². The number of ether oxygens (including phenoxy) is 2. The summed E-state index contributed by atoms with van der Waals surface area (Å²) in [6.45, 7) is 10.9. The van der Waals surface area contributed by atoms with Gasteiger partial charge in [-0.15, -0.1) is 0 Å². The number of hydrogen-bond acceptors (Lipinski definition) is 5. The molecule has 0 saturated carbocycles. The van der Waals surface area contributed by atoms with Crippen molar-refractivity contribution >= 4 is 5.96 Å². The minimum absolute atomic E-state index is 0.411. The van der Waals surface area contributed by atoms with Crippen LogP contribution >= 0.6 is 0 Å². The van der Waals surface area contributed by atoms with Crippen molar-refractivity contribution in [2.24, 2.45) is 4.99 Å². The van der Waals surface area contributed by atoms with E-state index in [1.807, 2.05) is 6.07 Å². The molecule has 1 saturated heterocycles. The lowest BCUT2D eigenvalue weighted by atomic mass is 10.2. The van der Waals surface area contributed by atoms with Gasteiger partial charge in [-0.1, -0.05) is 6.92 Å². The second kappa shape index (κ2) is 11.8. The fourth-order valence-corrected chi connectivity index (χ4v) is 3.31. The summed E-state index contributed by atoms with van der Waals surface area (Å²) < 4.78 is 10.8. The smallest absolute Gasteiger partial charge is 0.191 e. The number of nitrogens with zero attached hydrogens (tertiary/aromatic N) is 3. The first-order valence-corrected chi connectivity index (χ1v) is 10.3. The average molecular weight is 392 g/mol. The van der Waals surface area contributed by atoms with Crippen molar-refractivity contribution in [2.45, 2.75) is 32.9 Å². The Morgan fingerprint density at radius 3 is 2.54 bits per heavy atom. The maximum Gasteiger partial charge on any atom is 0.191 e. The topological polar surface area (TPSA) is 61.4 Å². The Bertz CT molecular complexity index is 601. The van der Waals surface area contributed by atoms with Crippen molar-refractivity contribution in [1.82, 2.24) is 20.4 Å². The van der Waals surface area contributed by atoms with Gasteiger partial charge < -0.3 is 25.0 Å². The van der Waals surface area contributed by atoms with Crippen LogP contribution in [0.15, 0.2) is 23.2 Å². The van der Waals surface area contributed by atoms with E-state index in [1.165, 1.54) is 5.56 Å². The van der Waals surface area contributed by atoms with Gasteiger partial charge in [-0.25, -0.2) is 0 Å². The van der Waals surface area contributed by atoms with E-state index in [9.17, 15) is 0 Å². The van der Waals surface area contributed by atoms with Crippen LogP contribution < -0.4 is 20.1 Å². The zero-order chi connectivity index (χ0) is 20.4. The van der Waals surface area contributed by atoms with Gasteiger partial charge in [-0.2, -0.15) is 0 Å². The quantitative estimate of drug-likeness (QED) is 0.468. The molecule has 2 N–H and O–H groups in total. The van der Waals surface area contributed by atoms with E-state index in [4.69, 9.17) is 14.5 Å². The van der Waals surface area contributed by atoms with Gasteiger partial charge in [0, 0.05) is 44.8 Å². The summed E-state index contributed by atoms with van der Waals surface area (Å²) in [7, 11) is 5.50. The number of methoxy groups -OCH3 is 2. The summed E-state index contributed by atoms with van der Waals surface area (Å²) in [5, 5.41) is 6.96. The first kappa shape index (κ1) is 22.3. The second-order valence-electron chi connectivity index (χ2n) is 7.24. The number of guanidine groups is 1. The lowest BCUT2D eigenvalue weighted by molar-refractivity contribution is 0.321. The largest absolute Gasteiger partial charge is 0.497 e. The van der Waals surface area contributed by atoms with E-state index >= 15 is 0 Å². The molecule has 1 aromatic carbocycles. The molecule has 1 heterocycles. The monoisotopic (exact) mass is 391 g/mol. The van der Waals surface area contributed by atoms with Gasteiger partial charge in [0.15, 0.2) is 5.96 Å². The first-order valence-electron chi connectivity index (χ1n) is 10.3. The van der Waals surface area contributed by atoms with Gasteiger partial charge in [0.25, 0.3) is 0 Å². The fraction of sp³-hybridized carbons (Fsp3) is 0.667. The third kappa shape index (κ3) is 7.20. The van der Waals surface area contributed by atoms with E-state index in [2.05, 4.69) is 53.5 Å². The summed E-state index contributed by atoms with van der Waals surface area (Å²) in [5.41, 5.74) is 1.21. The molecule has 1 aliphatic heterocycles. The average Bonchev–Trinajstić information content (AvgIpc) is 3.14. The number of likely N-dealkylation sites (tertiary alicyclic amines) is 1. The minimum Gasteiger partial charge on any atom is -0.497 e. The highest BCUT2D eigenvalue weighted by atomic mass is 16.5. The van der Waals surface area contributed by atoms with Gasteiger partial charge in [0.1, 0.15) is 11.5 Å². The highest BCUT2D eigenvalue weighted by molar-refractivity contribution is 5.80. The molecule has 1 aliphatic rings. The zero-order valence-corrected chi connectivity index (χ0v) is 18.1. The number of benzene rings is 1. The molecule has 0 bridgehead atoms. The number of aliphatic imine (C=N–C) groups is 1. The molecule has 0 aliphatic carbocycles. The van der Waals surface area contributed by atoms with E-state index in [1.54, 1.807) is 14.2 Å². The molecule has 28 heavy (non-hydrogen) atoms. The molecule has 0 aromatic heterocycles. The predicted octanol–water partition coefficient (Wildman–Crippen LogP) is 1.78. The van der Waals surface area contributed by atoms with Gasteiger partial charge >= 0.3 is 0 Å². The van der Waals surface area contributed by atoms with Crippen LogP contribution in [0.5, 0.6) is 11.5 Å². The van der Waals surface area contributed by atoms with Crippen molar-refractivity contribution < 1.29 is 9.47 Å². The van der Waals surface area contributed by atoms with Gasteiger partial charge in [0.05, 0.1) is 20.8 Å². The van der Waals surface area contributed by atoms with Crippen LogP contribution in [-0.2, 0) is 6.54 Å². The molecule has 7 nitrogen and oxygen atoms in total. The standard InChI is InChI=1S/C21H37N5O2/c1-6-22-21(23-9-11-25(3)7-2)24-18-8-10-26(16-18)15-17-12-19(27-4)14-20(13-17)28-5/h12-14,18H,6-11,15-16H2,1-5H3,(H2,22,23,24). The highest BCUT2D eigenvalue weighted by Gasteiger charge is 2.23. The summed E-state index contributed by atoms with van der Waals surface area (Å²) in [6, 6.07) is 6.49. The lowest BCUT2D eigenvalue weighted by Gasteiger charge is -2.20. The Balaban J connectivity index is 1.88. The van der Waals surface area contributed by atoms with Crippen molar-refractivity contribution in [2.75, 3.05) is 60.5 Å². The Hall–Kier alpha value is -1.99. The number of nitrogens with one attached hydrogen (secondary N) is 2. The van der Waals surface area contributed by atoms with Crippen LogP contribution in [-0.4, -0.2) is 82.3 Å². The van der Waals surface area contributed by atoms with Crippen LogP contribution in [0.1, 0.15) is 25.8 Å². The maximum atomic E-state index is 5.39. The van der Waals surface area contributed by atoms with Gasteiger partial charge in [0.2, 0.25) is 0 Å². The summed E-state index contributed by atoms with van der Waals surface area (Å²) in [4.78, 5) is 9.45. The van der Waals surface area contributed by atoms with E-state index in [0.717, 1.165) is 69.7 Å². The van der Waals surface area contributed by atoms with Crippen LogP contribution in [0, 0.1) is 0 Å². The number of likely N-dealkylation sites (N-methyl/N-ethyl adjacent to an activating group) is 1. The fourth-order valence-electron chi connectivity index (χ4n) is 3.31. The third-order valence-electron chi connectivity index (χ3n) is 5.07. The van der Waals surface area contributed by atoms with E-state index in [-0.39, 0.29) is 0 Å². The van der Waals surface area contributed by atoms with Crippen LogP contribution in [0.25, 0.3) is 0 Å². The molecule has 1 fully saturated rings. The van der Waals surface area contributed by atoms with Crippen molar-refractivity contribution in [3.8, 4) is 11.5 Å². The predicted molar refractivity (Wildman–Crippen MR) is 116 cm³/mol. The maximum absolute atomic E-state index is 5.39. The van der Waals surface area contributed by atoms with Crippen LogP contribution in [0.3, 0.4) is 0 Å². The number of rotatable bonds is 10. The number of hydrogen-bond donors (Lipinski definition) is 2. The molecule has 7 heteroatoms. The molecule has 0 radical (unpaired) electrons. The molecule has 0 amide bonds. The SMILES string of the molecule is CCNC(=NCCN(C)CC)NC1CCN(Cc2cc(OC)cc(OC)c2)C1. The van der Waals surface area contributed by atoms with E-state index < -0.39 is 0 Å². The molecule has 1 atom stereocenters. The molecule has 2 rings (SSSR count). The molecule has 0 spiro atoms. The summed E-state index contributed by atoms with van der Waals surface area (Å²) in [6.07, 6.45) is 1.11. The molecular formula is C21H37N5O2. The Labute approximate surface area is 170 Å². The summed E-state index contributed by atoms with van der Waals surface area (Å²) in [5.74, 6) is 2.59. The first-order chi connectivity index (χ1) is 13.6. The third-order valence-corrected chi connectivity index (χ3v) is 5.07.